The molecule has 0 amide bonds. The molecule has 0 aromatic carbocycles. The van der Waals surface area contributed by atoms with Crippen LogP contribution in [0.1, 0.15) is 25.7 Å². The molecule has 1 atom stereocenters. The minimum Gasteiger partial charge on any atom is -0.376 e. The van der Waals surface area contributed by atoms with Gasteiger partial charge in [-0.05, 0) is 53.0 Å². The van der Waals surface area contributed by atoms with E-state index in [0.29, 0.717) is 6.10 Å². The predicted molar refractivity (Wildman–Crippen MR) is 68.3 cm³/mol. The summed E-state index contributed by atoms with van der Waals surface area (Å²) in [6, 6.07) is 0. The van der Waals surface area contributed by atoms with Gasteiger partial charge in [-0.2, -0.15) is 0 Å². The highest BCUT2D eigenvalue weighted by Crippen LogP contribution is 2.35. The lowest BCUT2D eigenvalue weighted by Crippen LogP contribution is -2.41. The lowest BCUT2D eigenvalue weighted by Gasteiger charge is -2.32. The molecule has 17 heavy (non-hydrogen) atoms. The predicted octanol–water partition coefficient (Wildman–Crippen LogP) is 0.866. The van der Waals surface area contributed by atoms with Gasteiger partial charge in [0.15, 0.2) is 0 Å². The number of hydrogen-bond donors (Lipinski definition) is 1. The average molecular weight is 242 g/mol. The van der Waals surface area contributed by atoms with E-state index in [1.54, 1.807) is 0 Å². The lowest BCUT2D eigenvalue weighted by molar-refractivity contribution is -0.0234. The molecule has 100 valence electrons. The minimum absolute atomic E-state index is 0.136. The van der Waals surface area contributed by atoms with Crippen LogP contribution in [0.15, 0.2) is 0 Å². The normalized spacial score (nSPS) is 28.1. The van der Waals surface area contributed by atoms with Gasteiger partial charge in [0, 0.05) is 13.0 Å². The zero-order chi connectivity index (χ0) is 12.1. The van der Waals surface area contributed by atoms with E-state index >= 15 is 0 Å². The number of piperidine rings is 1. The zero-order valence-corrected chi connectivity index (χ0v) is 11.2. The summed E-state index contributed by atoms with van der Waals surface area (Å²) in [5.74, 6) is 0. The number of hydrogen-bond acceptors (Lipinski definition) is 4. The summed E-state index contributed by atoms with van der Waals surface area (Å²) in [6.45, 7) is 4.94. The molecule has 2 heterocycles. The van der Waals surface area contributed by atoms with E-state index in [9.17, 15) is 0 Å². The monoisotopic (exact) mass is 242 g/mol. The van der Waals surface area contributed by atoms with Crippen LogP contribution in [0, 0.1) is 0 Å². The van der Waals surface area contributed by atoms with Gasteiger partial charge in [0.1, 0.15) is 0 Å². The Morgan fingerprint density at radius 2 is 2.12 bits per heavy atom. The van der Waals surface area contributed by atoms with Crippen molar-refractivity contribution >= 4 is 0 Å². The molecular formula is C13H26N2O2. The summed E-state index contributed by atoms with van der Waals surface area (Å²) in [7, 11) is 4.20. The first-order valence-corrected chi connectivity index (χ1v) is 6.81. The Morgan fingerprint density at radius 1 is 1.35 bits per heavy atom. The number of ether oxygens (including phenoxy) is 2. The smallest absolute Gasteiger partial charge is 0.0836 e. The van der Waals surface area contributed by atoms with Crippen LogP contribution in [0.4, 0.5) is 0 Å². The maximum atomic E-state index is 6.00. The summed E-state index contributed by atoms with van der Waals surface area (Å²) in [4.78, 5) is 2.20. The first-order chi connectivity index (χ1) is 8.20. The van der Waals surface area contributed by atoms with Crippen molar-refractivity contribution in [3.05, 3.63) is 0 Å². The quantitative estimate of drug-likeness (QED) is 0.725. The fraction of sp³-hybridized carbons (Fsp3) is 1.00. The fourth-order valence-corrected chi connectivity index (χ4v) is 2.77. The van der Waals surface area contributed by atoms with Gasteiger partial charge in [0.25, 0.3) is 0 Å². The zero-order valence-electron chi connectivity index (χ0n) is 11.2. The van der Waals surface area contributed by atoms with E-state index in [1.807, 2.05) is 0 Å². The van der Waals surface area contributed by atoms with E-state index in [4.69, 9.17) is 9.47 Å². The van der Waals surface area contributed by atoms with E-state index < -0.39 is 0 Å². The third-order valence-electron chi connectivity index (χ3n) is 3.79. The minimum atomic E-state index is 0.136. The average Bonchev–Trinajstić information content (AvgIpc) is 2.69. The van der Waals surface area contributed by atoms with Crippen LogP contribution in [0.25, 0.3) is 0 Å². The second-order valence-corrected chi connectivity index (χ2v) is 5.60. The third-order valence-corrected chi connectivity index (χ3v) is 3.79. The van der Waals surface area contributed by atoms with Crippen molar-refractivity contribution in [2.24, 2.45) is 0 Å². The van der Waals surface area contributed by atoms with Crippen LogP contribution >= 0.6 is 0 Å². The second-order valence-electron chi connectivity index (χ2n) is 5.60. The molecule has 2 rings (SSSR count). The summed E-state index contributed by atoms with van der Waals surface area (Å²) < 4.78 is 11.9. The van der Waals surface area contributed by atoms with Gasteiger partial charge in [0.2, 0.25) is 0 Å². The molecule has 1 N–H and O–H groups in total. The topological polar surface area (TPSA) is 33.7 Å². The number of nitrogens with zero attached hydrogens (tertiary/aromatic N) is 1. The van der Waals surface area contributed by atoms with Gasteiger partial charge >= 0.3 is 0 Å². The molecule has 1 unspecified atom stereocenters. The molecule has 0 aromatic heterocycles. The molecule has 4 heteroatoms. The summed E-state index contributed by atoms with van der Waals surface area (Å²) in [5.41, 5.74) is 0.136. The largest absolute Gasteiger partial charge is 0.376 e. The first-order valence-electron chi connectivity index (χ1n) is 6.81. The van der Waals surface area contributed by atoms with E-state index in [0.717, 1.165) is 58.5 Å². The van der Waals surface area contributed by atoms with Gasteiger partial charge in [0.05, 0.1) is 18.3 Å². The summed E-state index contributed by atoms with van der Waals surface area (Å²) in [5, 5.41) is 3.39. The Balaban J connectivity index is 1.64. The van der Waals surface area contributed by atoms with Crippen molar-refractivity contribution in [1.29, 1.82) is 0 Å². The SMILES string of the molecule is CN(C)CCCOC1COC2(CCNCC2)C1. The molecule has 0 radical (unpaired) electrons. The van der Waals surface area contributed by atoms with Gasteiger partial charge in [-0.3, -0.25) is 0 Å². The van der Waals surface area contributed by atoms with Crippen LogP contribution in [0.5, 0.6) is 0 Å². The Kier molecular flexibility index (Phi) is 4.79. The molecule has 2 saturated heterocycles. The molecule has 4 nitrogen and oxygen atoms in total. The van der Waals surface area contributed by atoms with Gasteiger partial charge in [-0.1, -0.05) is 0 Å². The highest BCUT2D eigenvalue weighted by atomic mass is 16.6. The van der Waals surface area contributed by atoms with E-state index in [1.165, 1.54) is 0 Å². The molecule has 2 fully saturated rings. The third kappa shape index (κ3) is 3.91. The number of rotatable bonds is 5. The maximum Gasteiger partial charge on any atom is 0.0836 e. The van der Waals surface area contributed by atoms with Crippen LogP contribution in [0.2, 0.25) is 0 Å². The molecule has 2 aliphatic heterocycles. The molecule has 0 bridgehead atoms. The van der Waals surface area contributed by atoms with E-state index in [2.05, 4.69) is 24.3 Å². The second kappa shape index (κ2) is 6.14. The lowest BCUT2D eigenvalue weighted by atomic mass is 9.89. The van der Waals surface area contributed by atoms with Crippen molar-refractivity contribution in [1.82, 2.24) is 10.2 Å². The molecule has 0 saturated carbocycles. The Hall–Kier alpha value is -0.160. The van der Waals surface area contributed by atoms with Crippen LogP contribution in [-0.2, 0) is 9.47 Å². The standard InChI is InChI=1S/C13H26N2O2/c1-15(2)8-3-9-16-12-10-13(17-11-12)4-6-14-7-5-13/h12,14H,3-11H2,1-2H3. The highest BCUT2D eigenvalue weighted by molar-refractivity contribution is 4.93. The van der Waals surface area contributed by atoms with Crippen LogP contribution < -0.4 is 5.32 Å². The Bertz CT molecular complexity index is 227. The molecule has 2 aliphatic rings. The van der Waals surface area contributed by atoms with Crippen molar-refractivity contribution < 1.29 is 9.47 Å². The van der Waals surface area contributed by atoms with Crippen molar-refractivity contribution in [2.75, 3.05) is 46.9 Å². The van der Waals surface area contributed by atoms with Crippen molar-refractivity contribution in [2.45, 2.75) is 37.4 Å². The Morgan fingerprint density at radius 3 is 2.82 bits per heavy atom. The number of nitrogens with one attached hydrogen (secondary N) is 1. The van der Waals surface area contributed by atoms with E-state index in [-0.39, 0.29) is 5.60 Å². The van der Waals surface area contributed by atoms with Crippen LogP contribution in [-0.4, -0.2) is 63.5 Å². The Labute approximate surface area is 105 Å². The van der Waals surface area contributed by atoms with Gasteiger partial charge < -0.3 is 19.7 Å². The fourth-order valence-electron chi connectivity index (χ4n) is 2.77. The molecule has 0 aromatic rings. The van der Waals surface area contributed by atoms with Gasteiger partial charge in [-0.25, -0.2) is 0 Å². The molecule has 1 spiro atoms. The summed E-state index contributed by atoms with van der Waals surface area (Å²) in [6.07, 6.45) is 4.82. The summed E-state index contributed by atoms with van der Waals surface area (Å²) >= 11 is 0. The van der Waals surface area contributed by atoms with Crippen molar-refractivity contribution in [3.8, 4) is 0 Å². The van der Waals surface area contributed by atoms with Gasteiger partial charge in [-0.15, -0.1) is 0 Å². The molecule has 0 aliphatic carbocycles. The first kappa shape index (κ1) is 13.3. The highest BCUT2D eigenvalue weighted by Gasteiger charge is 2.41. The van der Waals surface area contributed by atoms with Crippen LogP contribution in [0.3, 0.4) is 0 Å². The maximum absolute atomic E-state index is 6.00. The molecular weight excluding hydrogens is 216 g/mol. The van der Waals surface area contributed by atoms with Crippen molar-refractivity contribution in [3.63, 3.8) is 0 Å².